The Morgan fingerprint density at radius 2 is 2.18 bits per heavy atom. The largest absolute Gasteiger partial charge is 0.463 e. The van der Waals surface area contributed by atoms with Gasteiger partial charge in [-0.15, -0.1) is 0 Å². The molecule has 0 fully saturated rings. The summed E-state index contributed by atoms with van der Waals surface area (Å²) in [5.41, 5.74) is 1.52. The molecule has 0 bridgehead atoms. The minimum absolute atomic E-state index is 0.109. The van der Waals surface area contributed by atoms with Crippen molar-refractivity contribution in [2.45, 2.75) is 53.0 Å². The zero-order valence-corrected chi connectivity index (χ0v) is 11.2. The van der Waals surface area contributed by atoms with Crippen molar-refractivity contribution in [2.75, 3.05) is 6.61 Å². The highest BCUT2D eigenvalue weighted by atomic mass is 16.5. The Balaban J connectivity index is 2.73. The van der Waals surface area contributed by atoms with Gasteiger partial charge in [-0.25, -0.2) is 4.79 Å². The van der Waals surface area contributed by atoms with E-state index in [1.165, 1.54) is 0 Å². The van der Waals surface area contributed by atoms with Crippen molar-refractivity contribution in [3.8, 4) is 0 Å². The number of carbonyl (C=O) groups excluding carboxylic acids is 1. The number of hydrogen-bond donors (Lipinski definition) is 1. The first-order chi connectivity index (χ1) is 8.10. The van der Waals surface area contributed by atoms with E-state index in [4.69, 9.17) is 4.74 Å². The maximum Gasteiger partial charge on any atom is 0.337 e. The van der Waals surface area contributed by atoms with E-state index in [-0.39, 0.29) is 12.0 Å². The number of rotatable bonds is 5. The number of nitrogens with zero attached hydrogens (tertiary/aromatic N) is 1. The van der Waals surface area contributed by atoms with Gasteiger partial charge in [0.15, 0.2) is 0 Å². The van der Waals surface area contributed by atoms with Gasteiger partial charge in [0.05, 0.1) is 18.2 Å². The van der Waals surface area contributed by atoms with Crippen LogP contribution in [0.3, 0.4) is 0 Å². The van der Waals surface area contributed by atoms with E-state index in [0.717, 1.165) is 30.8 Å². The molecule has 1 atom stereocenters. The molecule has 4 nitrogen and oxygen atoms in total. The zero-order valence-electron chi connectivity index (χ0n) is 11.2. The fourth-order valence-corrected chi connectivity index (χ4v) is 1.93. The average Bonchev–Trinajstić information content (AvgIpc) is 2.25. The highest BCUT2D eigenvalue weighted by molar-refractivity contribution is 5.95. The lowest BCUT2D eigenvalue weighted by Gasteiger charge is -2.23. The minimum atomic E-state index is -0.261. The van der Waals surface area contributed by atoms with E-state index >= 15 is 0 Å². The maximum atomic E-state index is 11.8. The summed E-state index contributed by atoms with van der Waals surface area (Å²) in [6, 6.07) is -0.109. The summed E-state index contributed by atoms with van der Waals surface area (Å²) in [7, 11) is 0. The van der Waals surface area contributed by atoms with Gasteiger partial charge in [0, 0.05) is 12.1 Å². The van der Waals surface area contributed by atoms with Gasteiger partial charge in [0.2, 0.25) is 0 Å². The molecule has 0 aromatic carbocycles. The third kappa shape index (κ3) is 3.58. The van der Waals surface area contributed by atoms with Gasteiger partial charge >= 0.3 is 5.97 Å². The van der Waals surface area contributed by atoms with Gasteiger partial charge < -0.3 is 10.1 Å². The fourth-order valence-electron chi connectivity index (χ4n) is 1.93. The first-order valence-electron chi connectivity index (χ1n) is 6.31. The van der Waals surface area contributed by atoms with Crippen LogP contribution in [0, 0.1) is 0 Å². The monoisotopic (exact) mass is 238 g/mol. The Kier molecular flexibility index (Phi) is 5.19. The molecule has 1 aliphatic heterocycles. The van der Waals surface area contributed by atoms with E-state index in [1.54, 1.807) is 0 Å². The van der Waals surface area contributed by atoms with Crippen LogP contribution in [0.5, 0.6) is 0 Å². The molecule has 4 heteroatoms. The number of aliphatic imine (C=N–C) groups is 1. The molecule has 0 saturated heterocycles. The van der Waals surface area contributed by atoms with Crippen molar-refractivity contribution in [3.63, 3.8) is 0 Å². The van der Waals surface area contributed by atoms with E-state index in [2.05, 4.69) is 17.2 Å². The summed E-state index contributed by atoms with van der Waals surface area (Å²) >= 11 is 0. The molecule has 1 heterocycles. The Morgan fingerprint density at radius 3 is 2.71 bits per heavy atom. The SMILES string of the molecule is CCCCC1=N[C@@H](C)C(C(=O)OCC)=C(C)N1. The minimum Gasteiger partial charge on any atom is -0.463 e. The van der Waals surface area contributed by atoms with E-state index in [9.17, 15) is 4.79 Å². The average molecular weight is 238 g/mol. The van der Waals surface area contributed by atoms with Crippen molar-refractivity contribution < 1.29 is 9.53 Å². The number of unbranched alkanes of at least 4 members (excludes halogenated alkanes) is 1. The topological polar surface area (TPSA) is 50.7 Å². The Bertz CT molecular complexity index is 345. The number of esters is 1. The number of allylic oxidation sites excluding steroid dienone is 1. The molecule has 0 amide bonds. The van der Waals surface area contributed by atoms with Gasteiger partial charge in [-0.3, -0.25) is 4.99 Å². The van der Waals surface area contributed by atoms with Gasteiger partial charge in [0.25, 0.3) is 0 Å². The smallest absolute Gasteiger partial charge is 0.337 e. The van der Waals surface area contributed by atoms with Crippen molar-refractivity contribution >= 4 is 11.8 Å². The standard InChI is InChI=1S/C13H22N2O2/c1-5-7-8-11-14-9(3)12(10(4)15-11)13(16)17-6-2/h9H,5-8H2,1-4H3,(H,14,15)/t9-/m0/s1. The number of ether oxygens (including phenoxy) is 1. The van der Waals surface area contributed by atoms with E-state index in [1.807, 2.05) is 20.8 Å². The lowest BCUT2D eigenvalue weighted by molar-refractivity contribution is -0.138. The van der Waals surface area contributed by atoms with Gasteiger partial charge in [0.1, 0.15) is 5.84 Å². The molecule has 1 aliphatic rings. The number of carbonyl (C=O) groups is 1. The molecule has 96 valence electrons. The normalized spacial score (nSPS) is 19.8. The molecule has 0 radical (unpaired) electrons. The van der Waals surface area contributed by atoms with Crippen LogP contribution in [0.25, 0.3) is 0 Å². The first kappa shape index (κ1) is 13.7. The molecule has 17 heavy (non-hydrogen) atoms. The van der Waals surface area contributed by atoms with Gasteiger partial charge in [-0.1, -0.05) is 13.3 Å². The second-order valence-electron chi connectivity index (χ2n) is 4.24. The molecular weight excluding hydrogens is 216 g/mol. The predicted octanol–water partition coefficient (Wildman–Crippen LogP) is 2.40. The maximum absolute atomic E-state index is 11.8. The van der Waals surface area contributed by atoms with Crippen LogP contribution in [-0.4, -0.2) is 24.5 Å². The van der Waals surface area contributed by atoms with Crippen LogP contribution in [0.2, 0.25) is 0 Å². The van der Waals surface area contributed by atoms with Crippen molar-refractivity contribution in [2.24, 2.45) is 4.99 Å². The molecule has 0 aromatic rings. The lowest BCUT2D eigenvalue weighted by Crippen LogP contribution is -2.34. The summed E-state index contributed by atoms with van der Waals surface area (Å²) in [5, 5.41) is 3.20. The summed E-state index contributed by atoms with van der Waals surface area (Å²) < 4.78 is 5.03. The highest BCUT2D eigenvalue weighted by Gasteiger charge is 2.25. The molecule has 0 saturated carbocycles. The molecule has 1 rings (SSSR count). The van der Waals surface area contributed by atoms with E-state index in [0.29, 0.717) is 12.2 Å². The summed E-state index contributed by atoms with van der Waals surface area (Å²) in [5.74, 6) is 0.716. The first-order valence-corrected chi connectivity index (χ1v) is 6.31. The second kappa shape index (κ2) is 6.42. The number of amidine groups is 1. The van der Waals surface area contributed by atoms with Crippen LogP contribution >= 0.6 is 0 Å². The van der Waals surface area contributed by atoms with Gasteiger partial charge in [-0.05, 0) is 27.2 Å². The third-order valence-electron chi connectivity index (χ3n) is 2.77. The van der Waals surface area contributed by atoms with Crippen LogP contribution in [-0.2, 0) is 9.53 Å². The Hall–Kier alpha value is -1.32. The van der Waals surface area contributed by atoms with Crippen LogP contribution in [0.4, 0.5) is 0 Å². The van der Waals surface area contributed by atoms with Crippen LogP contribution < -0.4 is 5.32 Å². The Morgan fingerprint density at radius 1 is 1.47 bits per heavy atom. The molecule has 1 N–H and O–H groups in total. The quantitative estimate of drug-likeness (QED) is 0.748. The molecular formula is C13H22N2O2. The lowest BCUT2D eigenvalue weighted by atomic mass is 10.0. The van der Waals surface area contributed by atoms with Crippen molar-refractivity contribution in [1.29, 1.82) is 0 Å². The molecule has 0 unspecified atom stereocenters. The molecule has 0 aromatic heterocycles. The predicted molar refractivity (Wildman–Crippen MR) is 68.9 cm³/mol. The van der Waals surface area contributed by atoms with Gasteiger partial charge in [-0.2, -0.15) is 0 Å². The fraction of sp³-hybridized carbons (Fsp3) is 0.692. The van der Waals surface area contributed by atoms with Crippen LogP contribution in [0.1, 0.15) is 47.0 Å². The highest BCUT2D eigenvalue weighted by Crippen LogP contribution is 2.18. The Labute approximate surface area is 103 Å². The molecule has 0 aliphatic carbocycles. The number of hydrogen-bond acceptors (Lipinski definition) is 4. The second-order valence-corrected chi connectivity index (χ2v) is 4.24. The van der Waals surface area contributed by atoms with Crippen molar-refractivity contribution in [3.05, 3.63) is 11.3 Å². The summed E-state index contributed by atoms with van der Waals surface area (Å²) in [4.78, 5) is 16.3. The van der Waals surface area contributed by atoms with Crippen LogP contribution in [0.15, 0.2) is 16.3 Å². The third-order valence-corrected chi connectivity index (χ3v) is 2.77. The summed E-state index contributed by atoms with van der Waals surface area (Å²) in [6.45, 7) is 8.20. The zero-order chi connectivity index (χ0) is 12.8. The molecule has 0 spiro atoms. The number of nitrogens with one attached hydrogen (secondary N) is 1. The van der Waals surface area contributed by atoms with E-state index < -0.39 is 0 Å². The summed E-state index contributed by atoms with van der Waals surface area (Å²) in [6.07, 6.45) is 3.19. The van der Waals surface area contributed by atoms with Crippen molar-refractivity contribution in [1.82, 2.24) is 5.32 Å².